The van der Waals surface area contributed by atoms with Gasteiger partial charge in [-0.1, -0.05) is 31.0 Å². The van der Waals surface area contributed by atoms with Crippen molar-refractivity contribution in [2.24, 2.45) is 0 Å². The zero-order valence-electron chi connectivity index (χ0n) is 14.1. The molecule has 130 valence electrons. The number of likely N-dealkylation sites (N-methyl/N-ethyl adjacent to an activating group) is 1. The minimum absolute atomic E-state index is 0.0142. The Balaban J connectivity index is 1.74. The van der Waals surface area contributed by atoms with Crippen molar-refractivity contribution in [2.45, 2.75) is 39.2 Å². The molecular weight excluding hydrogens is 312 g/mol. The predicted octanol–water partition coefficient (Wildman–Crippen LogP) is 2.17. The molecule has 1 aromatic carbocycles. The van der Waals surface area contributed by atoms with Crippen LogP contribution in [0.5, 0.6) is 5.75 Å². The number of aryl methyl sites for hydroxylation is 1. The van der Waals surface area contributed by atoms with Crippen LogP contribution in [0.15, 0.2) is 24.3 Å². The summed E-state index contributed by atoms with van der Waals surface area (Å²) in [5.74, 6) is 0.690. The molecule has 2 rings (SSSR count). The molecule has 1 N–H and O–H groups in total. The molecule has 0 aromatic heterocycles. The van der Waals surface area contributed by atoms with Crippen LogP contribution in [0.1, 0.15) is 31.7 Å². The van der Waals surface area contributed by atoms with Crippen LogP contribution < -0.4 is 9.46 Å². The van der Waals surface area contributed by atoms with Crippen LogP contribution >= 0.6 is 0 Å². The second kappa shape index (κ2) is 8.66. The lowest BCUT2D eigenvalue weighted by molar-refractivity contribution is 0.158. The second-order valence-electron chi connectivity index (χ2n) is 6.11. The molecule has 1 fully saturated rings. The number of hydrogen-bond acceptors (Lipinski definition) is 4. The highest BCUT2D eigenvalue weighted by Crippen LogP contribution is 2.16. The third kappa shape index (κ3) is 6.12. The fourth-order valence-electron chi connectivity index (χ4n) is 2.91. The lowest BCUT2D eigenvalue weighted by Gasteiger charge is -2.34. The van der Waals surface area contributed by atoms with E-state index in [2.05, 4.69) is 16.5 Å². The van der Waals surface area contributed by atoms with Crippen molar-refractivity contribution < 1.29 is 13.2 Å². The quantitative estimate of drug-likeness (QED) is 0.788. The van der Waals surface area contributed by atoms with Gasteiger partial charge < -0.3 is 4.74 Å². The number of ether oxygens (including phenoxy) is 1. The highest BCUT2D eigenvalue weighted by Gasteiger charge is 2.22. The molecule has 0 saturated carbocycles. The monoisotopic (exact) mass is 340 g/mol. The standard InChI is InChI=1S/C17H28N2O3S/c1-3-19-11-5-4-6-16(19)14-18-23(20,21)13-12-22-17-9-7-15(2)8-10-17/h7-10,16,18H,3-6,11-14H2,1-2H3/t16-/m0/s1. The van der Waals surface area contributed by atoms with Gasteiger partial charge in [-0.25, -0.2) is 13.1 Å². The van der Waals surface area contributed by atoms with Crippen molar-refractivity contribution in [2.75, 3.05) is 32.0 Å². The molecule has 6 heteroatoms. The first-order chi connectivity index (χ1) is 11.0. The number of likely N-dealkylation sites (tertiary alicyclic amines) is 1. The van der Waals surface area contributed by atoms with Crippen LogP contribution in [0.2, 0.25) is 0 Å². The van der Waals surface area contributed by atoms with Gasteiger partial charge in [0, 0.05) is 12.6 Å². The predicted molar refractivity (Wildman–Crippen MR) is 93.3 cm³/mol. The summed E-state index contributed by atoms with van der Waals surface area (Å²) in [5, 5.41) is 0. The lowest BCUT2D eigenvalue weighted by atomic mass is 10.0. The molecule has 0 bridgehead atoms. The highest BCUT2D eigenvalue weighted by molar-refractivity contribution is 7.89. The normalized spacial score (nSPS) is 19.7. The maximum Gasteiger partial charge on any atom is 0.215 e. The molecule has 1 aliphatic rings. The Morgan fingerprint density at radius 3 is 2.70 bits per heavy atom. The van der Waals surface area contributed by atoms with E-state index in [1.54, 1.807) is 0 Å². The summed E-state index contributed by atoms with van der Waals surface area (Å²) >= 11 is 0. The lowest BCUT2D eigenvalue weighted by Crippen LogP contribution is -2.47. The van der Waals surface area contributed by atoms with Crippen LogP contribution in [0, 0.1) is 6.92 Å². The second-order valence-corrected chi connectivity index (χ2v) is 8.03. The first-order valence-electron chi connectivity index (χ1n) is 8.41. The van der Waals surface area contributed by atoms with E-state index in [1.807, 2.05) is 31.2 Å². The number of hydrogen-bond donors (Lipinski definition) is 1. The Kier molecular flexibility index (Phi) is 6.87. The van der Waals surface area contributed by atoms with Crippen LogP contribution in [0.4, 0.5) is 0 Å². The smallest absolute Gasteiger partial charge is 0.215 e. The van der Waals surface area contributed by atoms with Gasteiger partial charge in [-0.3, -0.25) is 4.90 Å². The van der Waals surface area contributed by atoms with Crippen molar-refractivity contribution in [3.8, 4) is 5.75 Å². The maximum absolute atomic E-state index is 12.1. The molecule has 0 spiro atoms. The summed E-state index contributed by atoms with van der Waals surface area (Å²) < 4.78 is 32.4. The summed E-state index contributed by atoms with van der Waals surface area (Å²) in [6, 6.07) is 7.93. The summed E-state index contributed by atoms with van der Waals surface area (Å²) in [6.07, 6.45) is 3.46. The topological polar surface area (TPSA) is 58.6 Å². The van der Waals surface area contributed by atoms with Crippen LogP contribution in [-0.4, -0.2) is 51.4 Å². The Morgan fingerprint density at radius 1 is 1.26 bits per heavy atom. The fraction of sp³-hybridized carbons (Fsp3) is 0.647. The molecule has 0 amide bonds. The van der Waals surface area contributed by atoms with E-state index < -0.39 is 10.0 Å². The van der Waals surface area contributed by atoms with Crippen LogP contribution in [-0.2, 0) is 10.0 Å². The Bertz CT molecular complexity index is 572. The minimum Gasteiger partial charge on any atom is -0.492 e. The van der Waals surface area contributed by atoms with Crippen molar-refractivity contribution in [3.05, 3.63) is 29.8 Å². The molecule has 0 aliphatic carbocycles. The number of benzene rings is 1. The Morgan fingerprint density at radius 2 is 2.00 bits per heavy atom. The van der Waals surface area contributed by atoms with E-state index in [0.717, 1.165) is 25.1 Å². The zero-order valence-corrected chi connectivity index (χ0v) is 14.9. The summed E-state index contributed by atoms with van der Waals surface area (Å²) in [4.78, 5) is 2.36. The molecule has 23 heavy (non-hydrogen) atoms. The summed E-state index contributed by atoms with van der Waals surface area (Å²) in [6.45, 7) is 6.84. The number of rotatable bonds is 8. The van der Waals surface area contributed by atoms with E-state index in [1.165, 1.54) is 12.8 Å². The van der Waals surface area contributed by atoms with E-state index in [9.17, 15) is 8.42 Å². The molecule has 0 unspecified atom stereocenters. The average Bonchev–Trinajstić information content (AvgIpc) is 2.55. The van der Waals surface area contributed by atoms with Gasteiger partial charge in [0.25, 0.3) is 0 Å². The third-order valence-electron chi connectivity index (χ3n) is 4.34. The van der Waals surface area contributed by atoms with Gasteiger partial charge in [0.15, 0.2) is 0 Å². The van der Waals surface area contributed by atoms with E-state index in [-0.39, 0.29) is 12.4 Å². The molecule has 1 aliphatic heterocycles. The molecular formula is C17H28N2O3S. The van der Waals surface area contributed by atoms with Gasteiger partial charge in [0.1, 0.15) is 12.4 Å². The largest absolute Gasteiger partial charge is 0.492 e. The van der Waals surface area contributed by atoms with Gasteiger partial charge in [0.05, 0.1) is 5.75 Å². The van der Waals surface area contributed by atoms with Crippen LogP contribution in [0.3, 0.4) is 0 Å². The number of nitrogens with one attached hydrogen (secondary N) is 1. The Hall–Kier alpha value is -1.11. The van der Waals surface area contributed by atoms with E-state index in [0.29, 0.717) is 18.3 Å². The van der Waals surface area contributed by atoms with Crippen molar-refractivity contribution >= 4 is 10.0 Å². The first kappa shape index (κ1) is 18.2. The van der Waals surface area contributed by atoms with Gasteiger partial charge in [-0.05, 0) is 45.0 Å². The summed E-state index contributed by atoms with van der Waals surface area (Å²) in [7, 11) is -3.29. The van der Waals surface area contributed by atoms with Gasteiger partial charge in [0.2, 0.25) is 10.0 Å². The van der Waals surface area contributed by atoms with Crippen LogP contribution in [0.25, 0.3) is 0 Å². The Labute approximate surface area is 140 Å². The van der Waals surface area contributed by atoms with Gasteiger partial charge in [-0.2, -0.15) is 0 Å². The van der Waals surface area contributed by atoms with Crippen molar-refractivity contribution in [1.29, 1.82) is 0 Å². The molecule has 0 radical (unpaired) electrons. The number of sulfonamides is 1. The first-order valence-corrected chi connectivity index (χ1v) is 10.1. The summed E-state index contributed by atoms with van der Waals surface area (Å²) in [5.41, 5.74) is 1.15. The van der Waals surface area contributed by atoms with Gasteiger partial charge in [-0.15, -0.1) is 0 Å². The molecule has 5 nitrogen and oxygen atoms in total. The van der Waals surface area contributed by atoms with Gasteiger partial charge >= 0.3 is 0 Å². The molecule has 1 heterocycles. The fourth-order valence-corrected chi connectivity index (χ4v) is 3.80. The molecule has 1 aromatic rings. The van der Waals surface area contributed by atoms with Crippen molar-refractivity contribution in [1.82, 2.24) is 9.62 Å². The van der Waals surface area contributed by atoms with E-state index in [4.69, 9.17) is 4.74 Å². The van der Waals surface area contributed by atoms with E-state index >= 15 is 0 Å². The van der Waals surface area contributed by atoms with Crippen molar-refractivity contribution in [3.63, 3.8) is 0 Å². The molecule has 1 saturated heterocycles. The average molecular weight is 340 g/mol. The number of piperidine rings is 1. The number of nitrogens with zero attached hydrogens (tertiary/aromatic N) is 1. The zero-order chi connectivity index (χ0) is 16.7. The molecule has 1 atom stereocenters. The minimum atomic E-state index is -3.29. The third-order valence-corrected chi connectivity index (χ3v) is 5.65. The SMILES string of the molecule is CCN1CCCC[C@H]1CNS(=O)(=O)CCOc1ccc(C)cc1. The maximum atomic E-state index is 12.1. The highest BCUT2D eigenvalue weighted by atomic mass is 32.2.